The molecule has 1 atom stereocenters. The van der Waals surface area contributed by atoms with Gasteiger partial charge in [0.1, 0.15) is 6.10 Å². The molecule has 2 heteroatoms. The number of benzene rings is 1. The van der Waals surface area contributed by atoms with Crippen LogP contribution in [0.1, 0.15) is 24.5 Å². The van der Waals surface area contributed by atoms with Crippen LogP contribution in [0.2, 0.25) is 0 Å². The Labute approximate surface area is 84.6 Å². The van der Waals surface area contributed by atoms with Gasteiger partial charge >= 0.3 is 0 Å². The van der Waals surface area contributed by atoms with Crippen molar-refractivity contribution in [2.24, 2.45) is 0 Å². The molecule has 0 aliphatic carbocycles. The molecule has 0 amide bonds. The summed E-state index contributed by atoms with van der Waals surface area (Å²) >= 11 is 0. The second-order valence-electron chi connectivity index (χ2n) is 3.63. The number of carbonyl (C=O) groups is 1. The molecule has 1 aromatic rings. The Bertz CT molecular complexity index is 299. The Morgan fingerprint density at radius 2 is 1.93 bits per heavy atom. The fraction of sp³-hybridized carbons (Fsp3) is 0.417. The monoisotopic (exact) mass is 192 g/mol. The van der Waals surface area contributed by atoms with Crippen LogP contribution in [0.3, 0.4) is 0 Å². The molecular formula is C12H16O2. The molecule has 0 radical (unpaired) electrons. The van der Waals surface area contributed by atoms with Crippen molar-refractivity contribution >= 4 is 5.78 Å². The minimum Gasteiger partial charge on any atom is -0.386 e. The molecule has 1 aromatic carbocycles. The van der Waals surface area contributed by atoms with Crippen molar-refractivity contribution in [2.45, 2.75) is 32.8 Å². The van der Waals surface area contributed by atoms with E-state index in [9.17, 15) is 4.79 Å². The summed E-state index contributed by atoms with van der Waals surface area (Å²) < 4.78 is 0. The summed E-state index contributed by atoms with van der Waals surface area (Å²) in [5.74, 6) is -0.0921. The minimum atomic E-state index is -0.833. The van der Waals surface area contributed by atoms with E-state index in [1.807, 2.05) is 31.2 Å². The Kier molecular flexibility index (Phi) is 3.84. The van der Waals surface area contributed by atoms with Crippen LogP contribution in [-0.4, -0.2) is 17.0 Å². The molecule has 0 aliphatic rings. The van der Waals surface area contributed by atoms with Crippen LogP contribution in [0.4, 0.5) is 0 Å². The highest BCUT2D eigenvalue weighted by atomic mass is 16.3. The van der Waals surface area contributed by atoms with Crippen molar-refractivity contribution in [2.75, 3.05) is 0 Å². The van der Waals surface area contributed by atoms with E-state index in [0.717, 1.165) is 5.56 Å². The van der Waals surface area contributed by atoms with Crippen molar-refractivity contribution < 1.29 is 9.90 Å². The number of Topliss-reactive ketones (excluding diaryl/α,β-unsaturated/α-hetero) is 1. The van der Waals surface area contributed by atoms with Crippen LogP contribution in [0.5, 0.6) is 0 Å². The fourth-order valence-electron chi connectivity index (χ4n) is 1.23. The van der Waals surface area contributed by atoms with E-state index in [1.54, 1.807) is 0 Å². The molecule has 0 aliphatic heterocycles. The molecule has 1 rings (SSSR count). The first-order valence-electron chi connectivity index (χ1n) is 4.86. The van der Waals surface area contributed by atoms with Crippen molar-refractivity contribution in [1.82, 2.24) is 0 Å². The standard InChI is InChI=1S/C12H16O2/c1-9-3-5-11(6-4-9)7-8-12(14)10(2)13/h3-6,10,13H,7-8H2,1-2H3. The zero-order chi connectivity index (χ0) is 10.6. The van der Waals surface area contributed by atoms with Crippen molar-refractivity contribution in [3.8, 4) is 0 Å². The van der Waals surface area contributed by atoms with E-state index in [4.69, 9.17) is 5.11 Å². The molecule has 0 fully saturated rings. The average molecular weight is 192 g/mol. The molecule has 0 saturated heterocycles. The van der Waals surface area contributed by atoms with Gasteiger partial charge in [0.2, 0.25) is 0 Å². The summed E-state index contributed by atoms with van der Waals surface area (Å²) in [5, 5.41) is 8.99. The van der Waals surface area contributed by atoms with E-state index in [0.29, 0.717) is 12.8 Å². The first kappa shape index (κ1) is 10.9. The van der Waals surface area contributed by atoms with Gasteiger partial charge in [-0.1, -0.05) is 29.8 Å². The van der Waals surface area contributed by atoms with Gasteiger partial charge < -0.3 is 5.11 Å². The molecule has 2 nitrogen and oxygen atoms in total. The highest BCUT2D eigenvalue weighted by molar-refractivity contribution is 5.82. The van der Waals surface area contributed by atoms with Gasteiger partial charge in [-0.15, -0.1) is 0 Å². The molecule has 76 valence electrons. The smallest absolute Gasteiger partial charge is 0.161 e. The zero-order valence-electron chi connectivity index (χ0n) is 8.66. The van der Waals surface area contributed by atoms with Gasteiger partial charge in [-0.3, -0.25) is 4.79 Å². The number of aliphatic hydroxyl groups excluding tert-OH is 1. The van der Waals surface area contributed by atoms with Crippen LogP contribution in [0, 0.1) is 6.92 Å². The normalized spacial score (nSPS) is 12.5. The van der Waals surface area contributed by atoms with Gasteiger partial charge in [0, 0.05) is 6.42 Å². The quantitative estimate of drug-likeness (QED) is 0.790. The summed E-state index contributed by atoms with van der Waals surface area (Å²) in [5.41, 5.74) is 2.36. The maximum Gasteiger partial charge on any atom is 0.161 e. The highest BCUT2D eigenvalue weighted by Crippen LogP contribution is 2.06. The average Bonchev–Trinajstić information content (AvgIpc) is 2.16. The maximum atomic E-state index is 11.1. The number of carbonyl (C=O) groups excluding carboxylic acids is 1. The Morgan fingerprint density at radius 1 is 1.36 bits per heavy atom. The van der Waals surface area contributed by atoms with Crippen LogP contribution in [-0.2, 0) is 11.2 Å². The number of ketones is 1. The van der Waals surface area contributed by atoms with Gasteiger partial charge in [0.25, 0.3) is 0 Å². The molecule has 14 heavy (non-hydrogen) atoms. The lowest BCUT2D eigenvalue weighted by molar-refractivity contribution is -0.126. The summed E-state index contributed by atoms with van der Waals surface area (Å²) in [6.45, 7) is 3.54. The third kappa shape index (κ3) is 3.30. The zero-order valence-corrected chi connectivity index (χ0v) is 8.66. The van der Waals surface area contributed by atoms with Crippen LogP contribution in [0.15, 0.2) is 24.3 Å². The third-order valence-corrected chi connectivity index (χ3v) is 2.25. The van der Waals surface area contributed by atoms with E-state index in [-0.39, 0.29) is 5.78 Å². The van der Waals surface area contributed by atoms with E-state index in [2.05, 4.69) is 0 Å². The Hall–Kier alpha value is -1.15. The van der Waals surface area contributed by atoms with Gasteiger partial charge in [0.05, 0.1) is 0 Å². The van der Waals surface area contributed by atoms with Crippen LogP contribution >= 0.6 is 0 Å². The SMILES string of the molecule is Cc1ccc(CCC(=O)C(C)O)cc1. The molecule has 0 spiro atoms. The predicted molar refractivity (Wildman–Crippen MR) is 56.2 cm³/mol. The molecule has 0 bridgehead atoms. The minimum absolute atomic E-state index is 0.0921. The highest BCUT2D eigenvalue weighted by Gasteiger charge is 2.08. The molecular weight excluding hydrogens is 176 g/mol. The van der Waals surface area contributed by atoms with Gasteiger partial charge in [-0.25, -0.2) is 0 Å². The topological polar surface area (TPSA) is 37.3 Å². The summed E-state index contributed by atoms with van der Waals surface area (Å²) in [6.07, 6.45) is 0.297. The fourth-order valence-corrected chi connectivity index (χ4v) is 1.23. The second-order valence-corrected chi connectivity index (χ2v) is 3.63. The molecule has 0 saturated carbocycles. The van der Waals surface area contributed by atoms with Gasteiger partial charge in [-0.2, -0.15) is 0 Å². The Balaban J connectivity index is 2.46. The van der Waals surface area contributed by atoms with Crippen molar-refractivity contribution in [3.05, 3.63) is 35.4 Å². The molecule has 1 N–H and O–H groups in total. The van der Waals surface area contributed by atoms with Crippen molar-refractivity contribution in [1.29, 1.82) is 0 Å². The lowest BCUT2D eigenvalue weighted by Crippen LogP contribution is -2.16. The van der Waals surface area contributed by atoms with Crippen LogP contribution in [0.25, 0.3) is 0 Å². The maximum absolute atomic E-state index is 11.1. The molecule has 0 aromatic heterocycles. The number of aryl methyl sites for hydroxylation is 2. The summed E-state index contributed by atoms with van der Waals surface area (Å²) in [4.78, 5) is 11.1. The van der Waals surface area contributed by atoms with Gasteiger partial charge in [0.15, 0.2) is 5.78 Å². The van der Waals surface area contributed by atoms with E-state index < -0.39 is 6.10 Å². The predicted octanol–water partition coefficient (Wildman–Crippen LogP) is 1.88. The van der Waals surface area contributed by atoms with Crippen molar-refractivity contribution in [3.63, 3.8) is 0 Å². The van der Waals surface area contributed by atoms with E-state index >= 15 is 0 Å². The molecule has 1 unspecified atom stereocenters. The largest absolute Gasteiger partial charge is 0.386 e. The second kappa shape index (κ2) is 4.91. The first-order valence-corrected chi connectivity index (χ1v) is 4.86. The number of hydrogen-bond acceptors (Lipinski definition) is 2. The lowest BCUT2D eigenvalue weighted by atomic mass is 10.0. The number of hydrogen-bond donors (Lipinski definition) is 1. The first-order chi connectivity index (χ1) is 6.59. The van der Waals surface area contributed by atoms with E-state index in [1.165, 1.54) is 12.5 Å². The molecule has 0 heterocycles. The summed E-state index contributed by atoms with van der Waals surface area (Å²) in [6, 6.07) is 8.10. The third-order valence-electron chi connectivity index (χ3n) is 2.25. The number of rotatable bonds is 4. The van der Waals surface area contributed by atoms with Gasteiger partial charge in [-0.05, 0) is 25.8 Å². The lowest BCUT2D eigenvalue weighted by Gasteiger charge is -2.03. The van der Waals surface area contributed by atoms with Crippen LogP contribution < -0.4 is 0 Å². The summed E-state index contributed by atoms with van der Waals surface area (Å²) in [7, 11) is 0. The number of aliphatic hydroxyl groups is 1. The Morgan fingerprint density at radius 3 is 2.43 bits per heavy atom.